The molecule has 1 saturated heterocycles. The van der Waals surface area contributed by atoms with Gasteiger partial charge in [-0.25, -0.2) is 4.68 Å². The Balaban J connectivity index is 1.62. The number of hydrogen-bond donors (Lipinski definition) is 1. The van der Waals surface area contributed by atoms with Crippen LogP contribution < -0.4 is 14.8 Å². The van der Waals surface area contributed by atoms with E-state index in [1.54, 1.807) is 25.1 Å². The van der Waals surface area contributed by atoms with Crippen molar-refractivity contribution >= 4 is 5.91 Å². The zero-order chi connectivity index (χ0) is 24.1. The molecule has 7 nitrogen and oxygen atoms in total. The van der Waals surface area contributed by atoms with Gasteiger partial charge in [-0.05, 0) is 43.0 Å². The quantitative estimate of drug-likeness (QED) is 0.537. The minimum atomic E-state index is -0.114. The van der Waals surface area contributed by atoms with Crippen LogP contribution in [-0.2, 0) is 0 Å². The van der Waals surface area contributed by atoms with Crippen LogP contribution in [0.1, 0.15) is 37.0 Å². The molecule has 0 unspecified atom stereocenters. The Morgan fingerprint density at radius 2 is 1.82 bits per heavy atom. The summed E-state index contributed by atoms with van der Waals surface area (Å²) in [4.78, 5) is 16.0. The van der Waals surface area contributed by atoms with E-state index in [1.807, 2.05) is 48.5 Å². The number of benzene rings is 2. The topological polar surface area (TPSA) is 68.6 Å². The zero-order valence-corrected chi connectivity index (χ0v) is 20.5. The van der Waals surface area contributed by atoms with Crippen molar-refractivity contribution in [2.24, 2.45) is 5.92 Å². The third-order valence-electron chi connectivity index (χ3n) is 6.19. The maximum absolute atomic E-state index is 13.5. The van der Waals surface area contributed by atoms with E-state index in [9.17, 15) is 4.79 Å². The van der Waals surface area contributed by atoms with Crippen LogP contribution in [0.3, 0.4) is 0 Å². The largest absolute Gasteiger partial charge is 0.497 e. The molecule has 0 aliphatic carbocycles. The highest BCUT2D eigenvalue weighted by Crippen LogP contribution is 2.35. The van der Waals surface area contributed by atoms with Crippen molar-refractivity contribution < 1.29 is 14.3 Å². The van der Waals surface area contributed by atoms with E-state index in [1.165, 1.54) is 0 Å². The van der Waals surface area contributed by atoms with E-state index >= 15 is 0 Å². The van der Waals surface area contributed by atoms with Crippen LogP contribution in [0.5, 0.6) is 11.5 Å². The van der Waals surface area contributed by atoms with E-state index in [0.717, 1.165) is 43.7 Å². The molecule has 1 aromatic heterocycles. The molecule has 180 valence electrons. The second-order valence-electron chi connectivity index (χ2n) is 9.18. The first-order valence-electron chi connectivity index (χ1n) is 11.9. The molecular weight excluding hydrogens is 428 g/mol. The van der Waals surface area contributed by atoms with Crippen LogP contribution >= 0.6 is 0 Å². The van der Waals surface area contributed by atoms with Gasteiger partial charge in [0, 0.05) is 43.5 Å². The number of para-hydroxylation sites is 1. The standard InChI is InChI=1S/C27H34N4O3/c1-19(2)17-30-14-12-20(13-15-30)28-27(32)24-18-31(21-8-6-5-7-9-21)29-26(24)23-11-10-22(33-3)16-25(23)34-4/h5-11,16,18-20H,12-15,17H2,1-4H3,(H,28,32). The van der Waals surface area contributed by atoms with E-state index in [-0.39, 0.29) is 11.9 Å². The number of piperidine rings is 1. The first kappa shape index (κ1) is 23.8. The fraction of sp³-hybridized carbons (Fsp3) is 0.407. The number of carbonyl (C=O) groups excluding carboxylic acids is 1. The minimum absolute atomic E-state index is 0.114. The van der Waals surface area contributed by atoms with Crippen molar-refractivity contribution in [3.8, 4) is 28.4 Å². The first-order valence-corrected chi connectivity index (χ1v) is 11.9. The highest BCUT2D eigenvalue weighted by Gasteiger charge is 2.26. The van der Waals surface area contributed by atoms with Gasteiger partial charge in [0.15, 0.2) is 0 Å². The lowest BCUT2D eigenvalue weighted by Gasteiger charge is -2.33. The Hall–Kier alpha value is -3.32. The average molecular weight is 463 g/mol. The van der Waals surface area contributed by atoms with Crippen LogP contribution in [0.4, 0.5) is 0 Å². The molecule has 0 bridgehead atoms. The SMILES string of the molecule is COc1ccc(-c2nn(-c3ccccc3)cc2C(=O)NC2CCN(CC(C)C)CC2)c(OC)c1. The number of amides is 1. The van der Waals surface area contributed by atoms with Crippen molar-refractivity contribution in [1.29, 1.82) is 0 Å². The maximum atomic E-state index is 13.5. The smallest absolute Gasteiger partial charge is 0.255 e. The van der Waals surface area contributed by atoms with Gasteiger partial charge in [-0.2, -0.15) is 5.10 Å². The lowest BCUT2D eigenvalue weighted by molar-refractivity contribution is 0.0908. The fourth-order valence-corrected chi connectivity index (χ4v) is 4.49. The van der Waals surface area contributed by atoms with Crippen LogP contribution in [0, 0.1) is 5.92 Å². The number of likely N-dealkylation sites (tertiary alicyclic amines) is 1. The Labute approximate surface area is 201 Å². The molecule has 0 atom stereocenters. The van der Waals surface area contributed by atoms with Crippen LogP contribution in [0.15, 0.2) is 54.7 Å². The second-order valence-corrected chi connectivity index (χ2v) is 9.18. The van der Waals surface area contributed by atoms with E-state index in [4.69, 9.17) is 14.6 Å². The van der Waals surface area contributed by atoms with Crippen molar-refractivity contribution in [3.05, 3.63) is 60.3 Å². The van der Waals surface area contributed by atoms with Gasteiger partial charge in [-0.1, -0.05) is 32.0 Å². The Kier molecular flexibility index (Phi) is 7.53. The number of aromatic nitrogens is 2. The van der Waals surface area contributed by atoms with Gasteiger partial charge in [0.05, 0.1) is 25.5 Å². The fourth-order valence-electron chi connectivity index (χ4n) is 4.49. The molecule has 2 aromatic carbocycles. The molecule has 1 N–H and O–H groups in total. The third-order valence-corrected chi connectivity index (χ3v) is 6.19. The molecule has 1 fully saturated rings. The molecule has 4 rings (SSSR count). The van der Waals surface area contributed by atoms with Gasteiger partial charge < -0.3 is 19.7 Å². The van der Waals surface area contributed by atoms with Crippen molar-refractivity contribution in [2.45, 2.75) is 32.7 Å². The Morgan fingerprint density at radius 1 is 1.09 bits per heavy atom. The molecule has 34 heavy (non-hydrogen) atoms. The van der Waals surface area contributed by atoms with Crippen molar-refractivity contribution in [1.82, 2.24) is 20.0 Å². The minimum Gasteiger partial charge on any atom is -0.497 e. The summed E-state index contributed by atoms with van der Waals surface area (Å²) >= 11 is 0. The summed E-state index contributed by atoms with van der Waals surface area (Å²) in [6.07, 6.45) is 3.70. The van der Waals surface area contributed by atoms with Gasteiger partial charge in [0.1, 0.15) is 17.2 Å². The lowest BCUT2D eigenvalue weighted by Crippen LogP contribution is -2.45. The highest BCUT2D eigenvalue weighted by atomic mass is 16.5. The third kappa shape index (κ3) is 5.42. The van der Waals surface area contributed by atoms with Gasteiger partial charge in [0.25, 0.3) is 5.91 Å². The number of carbonyl (C=O) groups is 1. The normalized spacial score (nSPS) is 14.9. The molecule has 0 radical (unpaired) electrons. The maximum Gasteiger partial charge on any atom is 0.255 e. The number of hydrogen-bond acceptors (Lipinski definition) is 5. The molecule has 1 aliphatic rings. The Morgan fingerprint density at radius 3 is 2.47 bits per heavy atom. The summed E-state index contributed by atoms with van der Waals surface area (Å²) in [5, 5.41) is 8.06. The lowest BCUT2D eigenvalue weighted by atomic mass is 10.0. The molecule has 0 saturated carbocycles. The number of ether oxygens (including phenoxy) is 2. The van der Waals surface area contributed by atoms with Crippen molar-refractivity contribution in [3.63, 3.8) is 0 Å². The van der Waals surface area contributed by atoms with Gasteiger partial charge >= 0.3 is 0 Å². The van der Waals surface area contributed by atoms with Crippen LogP contribution in [-0.4, -0.2) is 60.5 Å². The predicted molar refractivity (Wildman–Crippen MR) is 134 cm³/mol. The van der Waals surface area contributed by atoms with Gasteiger partial charge in [0.2, 0.25) is 0 Å². The zero-order valence-electron chi connectivity index (χ0n) is 20.5. The van der Waals surface area contributed by atoms with Crippen molar-refractivity contribution in [2.75, 3.05) is 33.9 Å². The summed E-state index contributed by atoms with van der Waals surface area (Å²) < 4.78 is 12.7. The molecule has 1 aliphatic heterocycles. The summed E-state index contributed by atoms with van der Waals surface area (Å²) in [7, 11) is 3.22. The number of nitrogens with zero attached hydrogens (tertiary/aromatic N) is 3. The van der Waals surface area contributed by atoms with Gasteiger partial charge in [-0.15, -0.1) is 0 Å². The number of nitrogens with one attached hydrogen (secondary N) is 1. The summed E-state index contributed by atoms with van der Waals surface area (Å²) in [5.74, 6) is 1.82. The molecule has 3 aromatic rings. The van der Waals surface area contributed by atoms with E-state index in [2.05, 4.69) is 24.1 Å². The molecule has 0 spiro atoms. The highest BCUT2D eigenvalue weighted by molar-refractivity contribution is 6.00. The van der Waals surface area contributed by atoms with Crippen LogP contribution in [0.2, 0.25) is 0 Å². The average Bonchev–Trinajstić information content (AvgIpc) is 3.30. The summed E-state index contributed by atoms with van der Waals surface area (Å²) in [6, 6.07) is 15.5. The predicted octanol–water partition coefficient (Wildman–Crippen LogP) is 4.41. The van der Waals surface area contributed by atoms with E-state index < -0.39 is 0 Å². The second kappa shape index (κ2) is 10.7. The van der Waals surface area contributed by atoms with Crippen LogP contribution in [0.25, 0.3) is 16.9 Å². The number of rotatable bonds is 8. The molecule has 7 heteroatoms. The van der Waals surface area contributed by atoms with E-state index in [0.29, 0.717) is 28.7 Å². The molecule has 2 heterocycles. The Bertz CT molecular complexity index is 1100. The molecule has 1 amide bonds. The summed E-state index contributed by atoms with van der Waals surface area (Å²) in [5.41, 5.74) is 2.74. The summed E-state index contributed by atoms with van der Waals surface area (Å²) in [6.45, 7) is 7.60. The first-order chi connectivity index (χ1) is 16.5. The van der Waals surface area contributed by atoms with Gasteiger partial charge in [-0.3, -0.25) is 4.79 Å². The number of methoxy groups -OCH3 is 2. The monoisotopic (exact) mass is 462 g/mol. The molecular formula is C27H34N4O3.